The van der Waals surface area contributed by atoms with Crippen molar-refractivity contribution in [2.24, 2.45) is 0 Å². The van der Waals surface area contributed by atoms with Gasteiger partial charge in [-0.2, -0.15) is 0 Å². The van der Waals surface area contributed by atoms with Crippen LogP contribution in [0.25, 0.3) is 0 Å². The summed E-state index contributed by atoms with van der Waals surface area (Å²) in [6.07, 6.45) is 0. The molecule has 0 saturated carbocycles. The molecule has 0 aromatic heterocycles. The van der Waals surface area contributed by atoms with Crippen LogP contribution in [0.5, 0.6) is 0 Å². The molecule has 6 amide bonds. The Morgan fingerprint density at radius 1 is 0.621 bits per heavy atom. The molecule has 0 fully saturated rings. The first-order valence-corrected chi connectivity index (χ1v) is 11.1. The molecule has 1 aromatic rings. The predicted molar refractivity (Wildman–Crippen MR) is 130 cm³/mol. The lowest BCUT2D eigenvalue weighted by molar-refractivity contribution is -0.125. The van der Waals surface area contributed by atoms with Crippen LogP contribution in [0.3, 0.4) is 0 Å². The zero-order chi connectivity index (χ0) is 22.8. The quantitative estimate of drug-likeness (QED) is 0.477. The van der Waals surface area contributed by atoms with E-state index in [1.807, 2.05) is 22.6 Å². The Morgan fingerprint density at radius 2 is 0.931 bits per heavy atom. The zero-order valence-electron chi connectivity index (χ0n) is 16.0. The van der Waals surface area contributed by atoms with Crippen LogP contribution in [0.4, 0.5) is 11.4 Å². The molecule has 12 heteroatoms. The fourth-order valence-electron chi connectivity index (χ4n) is 2.53. The summed E-state index contributed by atoms with van der Waals surface area (Å²) in [7, 11) is 0. The molecule has 9 nitrogen and oxygen atoms in total. The Bertz CT molecular complexity index is 873. The summed E-state index contributed by atoms with van der Waals surface area (Å²) >= 11 is 5.41. The van der Waals surface area contributed by atoms with Gasteiger partial charge in [0.1, 0.15) is 0 Å². The van der Waals surface area contributed by atoms with Gasteiger partial charge in [0.25, 0.3) is 5.91 Å². The third-order valence-corrected chi connectivity index (χ3v) is 6.62. The van der Waals surface area contributed by atoms with E-state index in [9.17, 15) is 28.8 Å². The van der Waals surface area contributed by atoms with Crippen LogP contribution in [-0.4, -0.2) is 35.4 Å². The minimum atomic E-state index is -0.788. The lowest BCUT2D eigenvalue weighted by Crippen LogP contribution is -2.39. The van der Waals surface area contributed by atoms with Gasteiger partial charge < -0.3 is 0 Å². The zero-order valence-corrected chi connectivity index (χ0v) is 22.5. The largest absolute Gasteiger partial charge is 0.292 e. The topological polar surface area (TPSA) is 121 Å². The smallest absolute Gasteiger partial charge is 0.260 e. The lowest BCUT2D eigenvalue weighted by atomic mass is 10.1. The van der Waals surface area contributed by atoms with Crippen LogP contribution < -0.4 is 15.1 Å². The fourth-order valence-corrected chi connectivity index (χ4v) is 7.15. The predicted octanol–water partition coefficient (Wildman–Crippen LogP) is 2.58. The molecule has 0 aliphatic heterocycles. The van der Waals surface area contributed by atoms with Gasteiger partial charge in [-0.25, -0.2) is 9.80 Å². The number of hydrogen-bond acceptors (Lipinski definition) is 6. The number of benzene rings is 1. The average molecular weight is 739 g/mol. The maximum absolute atomic E-state index is 12.7. The number of nitrogens with zero attached hydrogens (tertiary/aromatic N) is 2. The molecule has 1 aromatic carbocycles. The SMILES string of the molecule is CC(=O)NC(=O)c1c(I)c(N(C(C)=O)C(C)=O)c(I)c(N(C(C)=O)C(C)=O)c1I. The Kier molecular flexibility index (Phi) is 9.12. The van der Waals surface area contributed by atoms with E-state index < -0.39 is 35.4 Å². The minimum absolute atomic E-state index is 0.0354. The van der Waals surface area contributed by atoms with Gasteiger partial charge in [-0.1, -0.05) is 0 Å². The molecule has 0 aliphatic rings. The molecule has 156 valence electrons. The first kappa shape index (κ1) is 25.9. The number of imide groups is 3. The van der Waals surface area contributed by atoms with Crippen molar-refractivity contribution in [2.45, 2.75) is 34.6 Å². The van der Waals surface area contributed by atoms with Gasteiger partial charge in [0.15, 0.2) is 0 Å². The van der Waals surface area contributed by atoms with Crippen LogP contribution in [0.15, 0.2) is 0 Å². The number of carbonyl (C=O) groups excluding carboxylic acids is 6. The molecular formula is C17H16I3N3O6. The monoisotopic (exact) mass is 739 g/mol. The summed E-state index contributed by atoms with van der Waals surface area (Å²) in [5.41, 5.74) is 0.0810. The number of carbonyl (C=O) groups is 6. The second-order valence-corrected chi connectivity index (χ2v) is 9.01. The third-order valence-electron chi connectivity index (χ3n) is 3.49. The van der Waals surface area contributed by atoms with Crippen LogP contribution in [0, 0.1) is 10.7 Å². The van der Waals surface area contributed by atoms with Gasteiger partial charge in [0.2, 0.25) is 29.5 Å². The minimum Gasteiger partial charge on any atom is -0.292 e. The first-order valence-electron chi connectivity index (χ1n) is 7.88. The maximum Gasteiger partial charge on any atom is 0.260 e. The van der Waals surface area contributed by atoms with Crippen molar-refractivity contribution in [1.82, 2.24) is 5.32 Å². The highest BCUT2D eigenvalue weighted by atomic mass is 127. The van der Waals surface area contributed by atoms with E-state index in [2.05, 4.69) is 5.32 Å². The Hall–Kier alpha value is -1.17. The highest BCUT2D eigenvalue weighted by molar-refractivity contribution is 14.1. The Balaban J connectivity index is 4.17. The van der Waals surface area contributed by atoms with E-state index in [1.165, 1.54) is 27.7 Å². The Morgan fingerprint density at radius 3 is 1.17 bits per heavy atom. The molecule has 1 N–H and O–H groups in total. The van der Waals surface area contributed by atoms with E-state index in [4.69, 9.17) is 0 Å². The van der Waals surface area contributed by atoms with Crippen molar-refractivity contribution >= 4 is 115 Å². The summed E-state index contributed by atoms with van der Waals surface area (Å²) in [5.74, 6) is -3.87. The van der Waals surface area contributed by atoms with Crippen molar-refractivity contribution < 1.29 is 28.8 Å². The van der Waals surface area contributed by atoms with E-state index in [0.29, 0.717) is 0 Å². The molecule has 0 aliphatic carbocycles. The lowest BCUT2D eigenvalue weighted by Gasteiger charge is -2.28. The van der Waals surface area contributed by atoms with Crippen molar-refractivity contribution in [1.29, 1.82) is 0 Å². The molecule has 0 saturated heterocycles. The standard InChI is InChI=1S/C17H16I3N3O6/c1-6(24)21-17(29)11-12(18)15(22(7(2)25)8(3)26)14(20)16(13(11)19)23(9(4)27)10(5)28/h1-5H3,(H,21,24,29). The number of hydrogen-bond donors (Lipinski definition) is 1. The molecule has 0 spiro atoms. The number of halogens is 3. The second-order valence-electron chi connectivity index (χ2n) is 5.77. The first-order chi connectivity index (χ1) is 13.2. The van der Waals surface area contributed by atoms with Crippen LogP contribution in [0.1, 0.15) is 45.0 Å². The summed E-state index contributed by atoms with van der Waals surface area (Å²) in [5, 5.41) is 2.14. The van der Waals surface area contributed by atoms with Crippen molar-refractivity contribution in [3.63, 3.8) is 0 Å². The number of amides is 6. The summed E-state index contributed by atoms with van der Waals surface area (Å²) in [4.78, 5) is 74.5. The highest BCUT2D eigenvalue weighted by Crippen LogP contribution is 2.42. The number of anilines is 2. The van der Waals surface area contributed by atoms with Crippen molar-refractivity contribution in [3.8, 4) is 0 Å². The number of rotatable bonds is 3. The average Bonchev–Trinajstić information content (AvgIpc) is 2.52. The second kappa shape index (κ2) is 10.2. The van der Waals surface area contributed by atoms with E-state index in [-0.39, 0.29) is 27.6 Å². The molecule has 0 unspecified atom stereocenters. The van der Waals surface area contributed by atoms with Gasteiger partial charge in [-0.3, -0.25) is 34.1 Å². The van der Waals surface area contributed by atoms with E-state index in [0.717, 1.165) is 16.7 Å². The molecule has 29 heavy (non-hydrogen) atoms. The summed E-state index contributed by atoms with van der Waals surface area (Å²) in [6, 6.07) is 0. The molecule has 1 rings (SSSR count). The van der Waals surface area contributed by atoms with Gasteiger partial charge in [0.05, 0.1) is 27.6 Å². The fraction of sp³-hybridized carbons (Fsp3) is 0.294. The van der Waals surface area contributed by atoms with Crippen LogP contribution in [-0.2, 0) is 24.0 Å². The normalized spacial score (nSPS) is 10.2. The highest BCUT2D eigenvalue weighted by Gasteiger charge is 2.34. The van der Waals surface area contributed by atoms with Crippen LogP contribution in [0.2, 0.25) is 0 Å². The number of nitrogens with one attached hydrogen (secondary N) is 1. The van der Waals surface area contributed by atoms with Crippen LogP contribution >= 0.6 is 67.8 Å². The molecule has 0 heterocycles. The Labute approximate surface area is 207 Å². The maximum atomic E-state index is 12.7. The van der Waals surface area contributed by atoms with Crippen molar-refractivity contribution in [2.75, 3.05) is 9.80 Å². The summed E-state index contributed by atoms with van der Waals surface area (Å²) < 4.78 is 0.694. The van der Waals surface area contributed by atoms with E-state index >= 15 is 0 Å². The van der Waals surface area contributed by atoms with Gasteiger partial charge >= 0.3 is 0 Å². The molecule has 0 bridgehead atoms. The molecule has 0 atom stereocenters. The molecular weight excluding hydrogens is 723 g/mol. The van der Waals surface area contributed by atoms with E-state index in [1.54, 1.807) is 45.2 Å². The van der Waals surface area contributed by atoms with Gasteiger partial charge in [0, 0.05) is 34.6 Å². The molecule has 0 radical (unpaired) electrons. The van der Waals surface area contributed by atoms with Gasteiger partial charge in [-0.05, 0) is 67.8 Å². The summed E-state index contributed by atoms with van der Waals surface area (Å²) in [6.45, 7) is 5.85. The third kappa shape index (κ3) is 5.50. The van der Waals surface area contributed by atoms with Crippen molar-refractivity contribution in [3.05, 3.63) is 16.3 Å². The van der Waals surface area contributed by atoms with Gasteiger partial charge in [-0.15, -0.1) is 0 Å².